The zero-order valence-electron chi connectivity index (χ0n) is 21.3. The number of likely N-dealkylation sites (tertiary alicyclic amines) is 1. The summed E-state index contributed by atoms with van der Waals surface area (Å²) in [5, 5.41) is 3.96. The third-order valence-electron chi connectivity index (χ3n) is 7.25. The number of rotatable bonds is 9. The van der Waals surface area contributed by atoms with Gasteiger partial charge in [0, 0.05) is 29.1 Å². The van der Waals surface area contributed by atoms with Crippen LogP contribution in [-0.4, -0.2) is 48.2 Å². The molecule has 2 fully saturated rings. The quantitative estimate of drug-likeness (QED) is 0.360. The van der Waals surface area contributed by atoms with E-state index in [-0.39, 0.29) is 11.1 Å². The zero-order chi connectivity index (χ0) is 26.4. The number of nitrogen functional groups attached to an aromatic ring is 1. The number of alkyl halides is 3. The van der Waals surface area contributed by atoms with Gasteiger partial charge in [0.15, 0.2) is 11.5 Å². The Morgan fingerprint density at radius 2 is 1.86 bits per heavy atom. The first kappa shape index (κ1) is 25.4. The molecule has 1 saturated carbocycles. The lowest BCUT2D eigenvalue weighted by atomic mass is 10.0. The molecule has 3 N–H and O–H groups in total. The molecule has 2 aromatic carbocycles. The van der Waals surface area contributed by atoms with Crippen molar-refractivity contribution in [2.45, 2.75) is 45.3 Å². The zero-order valence-corrected chi connectivity index (χ0v) is 21.3. The molecule has 1 aliphatic carbocycles. The van der Waals surface area contributed by atoms with Gasteiger partial charge in [-0.15, -0.1) is 0 Å². The fourth-order valence-corrected chi connectivity index (χ4v) is 4.78. The van der Waals surface area contributed by atoms with Crippen LogP contribution in [0, 0.1) is 12.3 Å². The van der Waals surface area contributed by atoms with Gasteiger partial charge in [0.05, 0.1) is 30.8 Å². The van der Waals surface area contributed by atoms with Crippen molar-refractivity contribution in [1.82, 2.24) is 14.9 Å². The summed E-state index contributed by atoms with van der Waals surface area (Å²) in [5.74, 6) is 2.19. The molecular formula is C27H32F3N5O2. The van der Waals surface area contributed by atoms with Crippen molar-refractivity contribution in [2.24, 2.45) is 5.41 Å². The Labute approximate surface area is 214 Å². The molecule has 10 heteroatoms. The van der Waals surface area contributed by atoms with Gasteiger partial charge in [0.2, 0.25) is 0 Å². The van der Waals surface area contributed by atoms with E-state index in [9.17, 15) is 13.2 Å². The van der Waals surface area contributed by atoms with Gasteiger partial charge >= 0.3 is 6.18 Å². The Morgan fingerprint density at radius 3 is 2.49 bits per heavy atom. The van der Waals surface area contributed by atoms with Crippen LogP contribution in [0.1, 0.15) is 49.2 Å². The molecule has 0 spiro atoms. The van der Waals surface area contributed by atoms with Crippen LogP contribution in [0.15, 0.2) is 30.3 Å². The summed E-state index contributed by atoms with van der Waals surface area (Å²) in [7, 11) is 1.59. The van der Waals surface area contributed by atoms with Crippen LogP contribution < -0.4 is 20.5 Å². The van der Waals surface area contributed by atoms with E-state index in [1.807, 2.05) is 12.1 Å². The number of benzene rings is 2. The largest absolute Gasteiger partial charge is 0.493 e. The fraction of sp³-hybridized carbons (Fsp3) is 0.481. The predicted octanol–water partition coefficient (Wildman–Crippen LogP) is 5.59. The number of methoxy groups -OCH3 is 1. The number of ether oxygens (including phenoxy) is 2. The highest BCUT2D eigenvalue weighted by Gasteiger charge is 2.45. The second-order valence-corrected chi connectivity index (χ2v) is 10.3. The van der Waals surface area contributed by atoms with Gasteiger partial charge in [-0.05, 0) is 76.0 Å². The maximum absolute atomic E-state index is 13.3. The molecule has 1 aromatic heterocycles. The number of aromatic nitrogens is 2. The summed E-state index contributed by atoms with van der Waals surface area (Å²) in [6, 6.07) is 6.74. The summed E-state index contributed by atoms with van der Waals surface area (Å²) in [6.45, 7) is 7.49. The lowest BCUT2D eigenvalue weighted by Crippen LogP contribution is -2.42. The Morgan fingerprint density at radius 1 is 1.11 bits per heavy atom. The Hall–Kier alpha value is -3.27. The number of anilines is 2. The first-order chi connectivity index (χ1) is 17.5. The topological polar surface area (TPSA) is 85.5 Å². The molecule has 1 aliphatic heterocycles. The van der Waals surface area contributed by atoms with Crippen LogP contribution >= 0.6 is 0 Å². The normalized spacial score (nSPS) is 17.8. The van der Waals surface area contributed by atoms with E-state index in [0.717, 1.165) is 44.6 Å². The monoisotopic (exact) mass is 515 g/mol. The number of nitrogens with one attached hydrogen (secondary N) is 1. The molecule has 1 saturated heterocycles. The Bertz CT molecular complexity index is 1310. The number of fused-ring (bicyclic) bond motifs is 1. The van der Waals surface area contributed by atoms with Gasteiger partial charge in [0.25, 0.3) is 0 Å². The SMILES string of the molecule is COc1cc2nc(C)nc(N[C@H](C)c3cc(N)cc(C(F)(F)F)c3)c2cc1OCC1(CN2CCC2)CC1. The highest BCUT2D eigenvalue weighted by molar-refractivity contribution is 5.92. The van der Waals surface area contributed by atoms with Gasteiger partial charge in [0.1, 0.15) is 11.6 Å². The number of hydrogen-bond acceptors (Lipinski definition) is 7. The third-order valence-corrected chi connectivity index (χ3v) is 7.25. The maximum atomic E-state index is 13.3. The van der Waals surface area contributed by atoms with Crippen molar-refractivity contribution in [2.75, 3.05) is 44.4 Å². The van der Waals surface area contributed by atoms with Crippen LogP contribution in [-0.2, 0) is 6.18 Å². The summed E-state index contributed by atoms with van der Waals surface area (Å²) in [5.41, 5.74) is 6.29. The van der Waals surface area contributed by atoms with E-state index in [1.165, 1.54) is 12.5 Å². The standard InChI is InChI=1S/C27H32F3N5O2/c1-16(18-9-19(27(28,29)30)11-20(31)10-18)32-25-21-12-24(23(36-3)13-22(21)33-17(2)34-25)37-15-26(5-6-26)14-35-7-4-8-35/h9-13,16H,4-8,14-15,31H2,1-3H3,(H,32,33,34)/t16-/m1/s1. The highest BCUT2D eigenvalue weighted by atomic mass is 19.4. The molecule has 198 valence electrons. The molecule has 0 bridgehead atoms. The lowest BCUT2D eigenvalue weighted by Gasteiger charge is -2.34. The molecule has 1 atom stereocenters. The van der Waals surface area contributed by atoms with Crippen LogP contribution in [0.25, 0.3) is 10.9 Å². The van der Waals surface area contributed by atoms with E-state index < -0.39 is 17.8 Å². The second kappa shape index (κ2) is 9.55. The van der Waals surface area contributed by atoms with Crippen molar-refractivity contribution < 1.29 is 22.6 Å². The van der Waals surface area contributed by atoms with Crippen molar-refractivity contribution in [3.8, 4) is 11.5 Å². The second-order valence-electron chi connectivity index (χ2n) is 10.3. The minimum atomic E-state index is -4.49. The maximum Gasteiger partial charge on any atom is 0.416 e. The molecule has 7 nitrogen and oxygen atoms in total. The van der Waals surface area contributed by atoms with E-state index >= 15 is 0 Å². The highest BCUT2D eigenvalue weighted by Crippen LogP contribution is 2.48. The van der Waals surface area contributed by atoms with E-state index in [1.54, 1.807) is 21.0 Å². The summed E-state index contributed by atoms with van der Waals surface area (Å²) < 4.78 is 51.9. The number of nitrogens with two attached hydrogens (primary N) is 1. The molecule has 2 heterocycles. The summed E-state index contributed by atoms with van der Waals surface area (Å²) in [4.78, 5) is 11.6. The molecule has 0 radical (unpaired) electrons. The number of halogens is 3. The smallest absolute Gasteiger partial charge is 0.416 e. The van der Waals surface area contributed by atoms with Crippen LogP contribution in [0.3, 0.4) is 0 Å². The van der Waals surface area contributed by atoms with Gasteiger partial charge in [-0.2, -0.15) is 13.2 Å². The molecule has 2 aliphatic rings. The Balaban J connectivity index is 1.43. The van der Waals surface area contributed by atoms with Crippen LogP contribution in [0.2, 0.25) is 0 Å². The first-order valence-corrected chi connectivity index (χ1v) is 12.5. The van der Waals surface area contributed by atoms with E-state index in [4.69, 9.17) is 15.2 Å². The van der Waals surface area contributed by atoms with Gasteiger partial charge < -0.3 is 25.4 Å². The summed E-state index contributed by atoms with van der Waals surface area (Å²) >= 11 is 0. The van der Waals surface area contributed by atoms with Crippen molar-refractivity contribution in [3.05, 3.63) is 47.3 Å². The van der Waals surface area contributed by atoms with E-state index in [2.05, 4.69) is 20.2 Å². The van der Waals surface area contributed by atoms with Gasteiger partial charge in [-0.3, -0.25) is 0 Å². The number of hydrogen-bond donors (Lipinski definition) is 2. The Kier molecular flexibility index (Phi) is 6.55. The molecular weight excluding hydrogens is 483 g/mol. The predicted molar refractivity (Wildman–Crippen MR) is 137 cm³/mol. The van der Waals surface area contributed by atoms with E-state index in [0.29, 0.717) is 46.2 Å². The average molecular weight is 516 g/mol. The summed E-state index contributed by atoms with van der Waals surface area (Å²) in [6.07, 6.45) is -0.937. The lowest BCUT2D eigenvalue weighted by molar-refractivity contribution is -0.137. The minimum Gasteiger partial charge on any atom is -0.493 e. The van der Waals surface area contributed by atoms with Crippen LogP contribution in [0.5, 0.6) is 11.5 Å². The van der Waals surface area contributed by atoms with Crippen LogP contribution in [0.4, 0.5) is 24.7 Å². The number of nitrogens with zero attached hydrogens (tertiary/aromatic N) is 3. The van der Waals surface area contributed by atoms with Crippen molar-refractivity contribution >= 4 is 22.4 Å². The van der Waals surface area contributed by atoms with Crippen molar-refractivity contribution in [3.63, 3.8) is 0 Å². The molecule has 0 unspecified atom stereocenters. The molecule has 3 aromatic rings. The van der Waals surface area contributed by atoms with Gasteiger partial charge in [-0.25, -0.2) is 9.97 Å². The number of aryl methyl sites for hydroxylation is 1. The molecule has 0 amide bonds. The minimum absolute atomic E-state index is 0.0508. The van der Waals surface area contributed by atoms with Crippen molar-refractivity contribution in [1.29, 1.82) is 0 Å². The van der Waals surface area contributed by atoms with Gasteiger partial charge in [-0.1, -0.05) is 0 Å². The fourth-order valence-electron chi connectivity index (χ4n) is 4.78. The molecule has 5 rings (SSSR count). The molecule has 37 heavy (non-hydrogen) atoms. The third kappa shape index (κ3) is 5.53. The average Bonchev–Trinajstić information content (AvgIpc) is 3.58. The first-order valence-electron chi connectivity index (χ1n) is 12.5.